The topological polar surface area (TPSA) is 62.3 Å². The third-order valence-corrected chi connectivity index (χ3v) is 4.72. The molecule has 2 amide bonds. The molecule has 5 nitrogen and oxygen atoms in total. The third kappa shape index (κ3) is 5.42. The van der Waals surface area contributed by atoms with Crippen molar-refractivity contribution in [3.8, 4) is 0 Å². The van der Waals surface area contributed by atoms with Crippen LogP contribution in [0, 0.1) is 6.92 Å². The minimum Gasteiger partial charge on any atom is -0.329 e. The zero-order chi connectivity index (χ0) is 17.5. The van der Waals surface area contributed by atoms with Crippen LogP contribution in [0.2, 0.25) is 0 Å². The molecule has 0 atom stereocenters. The van der Waals surface area contributed by atoms with Crippen LogP contribution in [0.15, 0.2) is 34.9 Å². The first-order chi connectivity index (χ1) is 11.5. The number of unbranched alkanes of at least 4 members (excludes halogenated alkanes) is 1. The second-order valence-corrected chi connectivity index (χ2v) is 7.56. The summed E-state index contributed by atoms with van der Waals surface area (Å²) in [5, 5.41) is 3.31. The highest BCUT2D eigenvalue weighted by molar-refractivity contribution is 9.10. The highest BCUT2D eigenvalue weighted by Crippen LogP contribution is 2.17. The number of benzene rings is 1. The predicted molar refractivity (Wildman–Crippen MR) is 100 cm³/mol. The van der Waals surface area contributed by atoms with Crippen LogP contribution in [0.1, 0.15) is 35.0 Å². The van der Waals surface area contributed by atoms with Crippen LogP contribution in [-0.4, -0.2) is 34.8 Å². The molecule has 1 aromatic carbocycles. The van der Waals surface area contributed by atoms with Gasteiger partial charge in [0.1, 0.15) is 6.54 Å². The van der Waals surface area contributed by atoms with Gasteiger partial charge < -0.3 is 10.2 Å². The van der Waals surface area contributed by atoms with E-state index in [4.69, 9.17) is 0 Å². The van der Waals surface area contributed by atoms with Crippen molar-refractivity contribution in [2.45, 2.75) is 26.7 Å². The van der Waals surface area contributed by atoms with Gasteiger partial charge in [-0.3, -0.25) is 9.59 Å². The number of carbonyl (C=O) groups excluding carboxylic acids is 2. The molecule has 0 saturated heterocycles. The van der Waals surface area contributed by atoms with E-state index in [-0.39, 0.29) is 18.4 Å². The molecule has 1 aromatic heterocycles. The van der Waals surface area contributed by atoms with E-state index in [2.05, 4.69) is 33.2 Å². The summed E-state index contributed by atoms with van der Waals surface area (Å²) < 4.78 is 0.913. The first-order valence-electron chi connectivity index (χ1n) is 7.76. The standard InChI is InChI=1S/C17H20BrN3O2S/c1-3-4-9-21(16(23)13-5-7-14(18)8-6-13)11-15(22)20-17-19-10-12(2)24-17/h5-8,10H,3-4,9,11H2,1-2H3,(H,19,20,22). The third-order valence-electron chi connectivity index (χ3n) is 3.36. The Labute approximate surface area is 154 Å². The van der Waals surface area contributed by atoms with E-state index in [0.29, 0.717) is 17.2 Å². The van der Waals surface area contributed by atoms with E-state index in [1.165, 1.54) is 11.3 Å². The number of aryl methyl sites for hydroxylation is 1. The van der Waals surface area contributed by atoms with Gasteiger partial charge in [0.2, 0.25) is 5.91 Å². The van der Waals surface area contributed by atoms with Gasteiger partial charge in [0.05, 0.1) is 0 Å². The van der Waals surface area contributed by atoms with Crippen LogP contribution in [0.5, 0.6) is 0 Å². The number of carbonyl (C=O) groups is 2. The predicted octanol–water partition coefficient (Wildman–Crippen LogP) is 4.10. The normalized spacial score (nSPS) is 10.5. The maximum absolute atomic E-state index is 12.7. The Hall–Kier alpha value is -1.73. The van der Waals surface area contributed by atoms with E-state index in [0.717, 1.165) is 22.2 Å². The number of nitrogens with zero attached hydrogens (tertiary/aromatic N) is 2. The molecule has 0 aliphatic carbocycles. The Morgan fingerprint density at radius 2 is 2.00 bits per heavy atom. The van der Waals surface area contributed by atoms with Crippen molar-refractivity contribution in [1.82, 2.24) is 9.88 Å². The molecule has 1 heterocycles. The van der Waals surface area contributed by atoms with Crippen molar-refractivity contribution in [3.05, 3.63) is 45.4 Å². The molecule has 128 valence electrons. The number of halogens is 1. The van der Waals surface area contributed by atoms with Crippen LogP contribution >= 0.6 is 27.3 Å². The lowest BCUT2D eigenvalue weighted by molar-refractivity contribution is -0.116. The lowest BCUT2D eigenvalue weighted by Gasteiger charge is -2.22. The zero-order valence-electron chi connectivity index (χ0n) is 13.7. The number of anilines is 1. The van der Waals surface area contributed by atoms with Crippen molar-refractivity contribution in [2.75, 3.05) is 18.4 Å². The molecule has 7 heteroatoms. The Kier molecular flexibility index (Phi) is 6.93. The number of hydrogen-bond acceptors (Lipinski definition) is 4. The number of nitrogens with one attached hydrogen (secondary N) is 1. The van der Waals surface area contributed by atoms with Crippen molar-refractivity contribution in [1.29, 1.82) is 0 Å². The summed E-state index contributed by atoms with van der Waals surface area (Å²) >= 11 is 4.77. The second kappa shape index (κ2) is 8.94. The van der Waals surface area contributed by atoms with Crippen molar-refractivity contribution >= 4 is 44.2 Å². The number of amides is 2. The van der Waals surface area contributed by atoms with Gasteiger partial charge in [-0.15, -0.1) is 11.3 Å². The smallest absolute Gasteiger partial charge is 0.254 e. The molecule has 24 heavy (non-hydrogen) atoms. The molecule has 0 spiro atoms. The fraction of sp³-hybridized carbons (Fsp3) is 0.353. The summed E-state index contributed by atoms with van der Waals surface area (Å²) in [6, 6.07) is 7.16. The van der Waals surface area contributed by atoms with Gasteiger partial charge >= 0.3 is 0 Å². The molecular formula is C17H20BrN3O2S. The highest BCUT2D eigenvalue weighted by Gasteiger charge is 2.19. The van der Waals surface area contributed by atoms with E-state index >= 15 is 0 Å². The van der Waals surface area contributed by atoms with Gasteiger partial charge in [0, 0.05) is 27.7 Å². The Balaban J connectivity index is 2.05. The summed E-state index contributed by atoms with van der Waals surface area (Å²) in [5.41, 5.74) is 0.576. The van der Waals surface area contributed by atoms with E-state index in [1.54, 1.807) is 23.2 Å². The lowest BCUT2D eigenvalue weighted by atomic mass is 10.2. The maximum Gasteiger partial charge on any atom is 0.254 e. The molecule has 0 bridgehead atoms. The first-order valence-corrected chi connectivity index (χ1v) is 9.37. The van der Waals surface area contributed by atoms with E-state index < -0.39 is 0 Å². The van der Waals surface area contributed by atoms with Crippen LogP contribution in [0.3, 0.4) is 0 Å². The van der Waals surface area contributed by atoms with Crippen molar-refractivity contribution < 1.29 is 9.59 Å². The van der Waals surface area contributed by atoms with Gasteiger partial charge in [-0.25, -0.2) is 4.98 Å². The first kappa shape index (κ1) is 18.6. The molecule has 0 saturated carbocycles. The minimum absolute atomic E-state index is 0.0214. The van der Waals surface area contributed by atoms with Gasteiger partial charge in [-0.2, -0.15) is 0 Å². The second-order valence-electron chi connectivity index (χ2n) is 5.41. The molecule has 2 rings (SSSR count). The van der Waals surface area contributed by atoms with Gasteiger partial charge in [-0.1, -0.05) is 29.3 Å². The fourth-order valence-electron chi connectivity index (χ4n) is 2.12. The molecule has 2 aromatic rings. The summed E-state index contributed by atoms with van der Waals surface area (Å²) in [7, 11) is 0. The summed E-state index contributed by atoms with van der Waals surface area (Å²) in [6.07, 6.45) is 3.52. The van der Waals surface area contributed by atoms with Crippen LogP contribution in [0.4, 0.5) is 5.13 Å². The molecule has 0 radical (unpaired) electrons. The summed E-state index contributed by atoms with van der Waals surface area (Å²) in [6.45, 7) is 4.56. The van der Waals surface area contributed by atoms with Crippen LogP contribution in [-0.2, 0) is 4.79 Å². The van der Waals surface area contributed by atoms with Crippen molar-refractivity contribution in [3.63, 3.8) is 0 Å². The van der Waals surface area contributed by atoms with Crippen molar-refractivity contribution in [2.24, 2.45) is 0 Å². The van der Waals surface area contributed by atoms with Crippen LogP contribution < -0.4 is 5.32 Å². The number of thiazole rings is 1. The Morgan fingerprint density at radius 3 is 2.58 bits per heavy atom. The van der Waals surface area contributed by atoms with Gasteiger partial charge in [0.25, 0.3) is 5.91 Å². The Morgan fingerprint density at radius 1 is 1.29 bits per heavy atom. The summed E-state index contributed by atoms with van der Waals surface area (Å²) in [4.78, 5) is 31.6. The largest absolute Gasteiger partial charge is 0.329 e. The van der Waals surface area contributed by atoms with Crippen LogP contribution in [0.25, 0.3) is 0 Å². The maximum atomic E-state index is 12.7. The highest BCUT2D eigenvalue weighted by atomic mass is 79.9. The van der Waals surface area contributed by atoms with Gasteiger partial charge in [0.15, 0.2) is 5.13 Å². The molecule has 1 N–H and O–H groups in total. The monoisotopic (exact) mass is 409 g/mol. The average Bonchev–Trinajstić information content (AvgIpc) is 2.96. The summed E-state index contributed by atoms with van der Waals surface area (Å²) in [5.74, 6) is -0.368. The molecule has 0 aliphatic heterocycles. The average molecular weight is 410 g/mol. The van der Waals surface area contributed by atoms with Gasteiger partial charge in [-0.05, 0) is 37.6 Å². The molecule has 0 aliphatic rings. The number of hydrogen-bond donors (Lipinski definition) is 1. The number of rotatable bonds is 7. The van der Waals surface area contributed by atoms with E-state index in [9.17, 15) is 9.59 Å². The lowest BCUT2D eigenvalue weighted by Crippen LogP contribution is -2.38. The zero-order valence-corrected chi connectivity index (χ0v) is 16.1. The minimum atomic E-state index is -0.231. The van der Waals surface area contributed by atoms with E-state index in [1.807, 2.05) is 19.1 Å². The fourth-order valence-corrected chi connectivity index (χ4v) is 3.07. The number of aromatic nitrogens is 1. The molecule has 0 unspecified atom stereocenters. The molecule has 0 fully saturated rings. The molecular weight excluding hydrogens is 390 g/mol. The quantitative estimate of drug-likeness (QED) is 0.748. The SMILES string of the molecule is CCCCN(CC(=O)Nc1ncc(C)s1)C(=O)c1ccc(Br)cc1. The Bertz CT molecular complexity index is 700.